The molecule has 0 aromatic rings. The molecule has 3 atom stereocenters. The van der Waals surface area contributed by atoms with Crippen molar-refractivity contribution < 1.29 is 47.5 Å². The number of esters is 2. The zero-order valence-electron chi connectivity index (χ0n) is 24.0. The third-order valence-electron chi connectivity index (χ3n) is 6.11. The molecule has 0 saturated heterocycles. The highest BCUT2D eigenvalue weighted by molar-refractivity contribution is 7.47. The number of unbranched alkanes of at least 4 members (excludes halogenated alkanes) is 13. The molecule has 0 aromatic carbocycles. The lowest BCUT2D eigenvalue weighted by Gasteiger charge is -2.20. The predicted octanol–water partition coefficient (Wildman–Crippen LogP) is 5.66. The van der Waals surface area contributed by atoms with Gasteiger partial charge in [-0.3, -0.25) is 23.4 Å². The van der Waals surface area contributed by atoms with E-state index in [1.54, 1.807) is 0 Å². The number of carboxylic acid groups (broad SMARTS) is 1. The maximum Gasteiger partial charge on any atom is 0.472 e. The van der Waals surface area contributed by atoms with E-state index < -0.39 is 51.1 Å². The molecule has 11 nitrogen and oxygen atoms in total. The van der Waals surface area contributed by atoms with Crippen molar-refractivity contribution in [3.8, 4) is 0 Å². The Morgan fingerprint density at radius 3 is 1.62 bits per heavy atom. The SMILES string of the molecule is CCCCCCCCCCC(=O)OC[C@H](COP(=O)(O)OC[C@H](N)C(=O)O)OC(=O)CCCCCCCCC. The van der Waals surface area contributed by atoms with Crippen LogP contribution in [0.25, 0.3) is 0 Å². The summed E-state index contributed by atoms with van der Waals surface area (Å²) < 4.78 is 32.1. The highest BCUT2D eigenvalue weighted by Gasteiger charge is 2.28. The fourth-order valence-electron chi connectivity index (χ4n) is 3.71. The molecule has 0 fully saturated rings. The Hall–Kier alpha value is -1.52. The summed E-state index contributed by atoms with van der Waals surface area (Å²) in [6, 6.07) is -1.51. The Labute approximate surface area is 234 Å². The maximum atomic E-state index is 12.3. The quantitative estimate of drug-likeness (QED) is 0.0621. The van der Waals surface area contributed by atoms with E-state index in [9.17, 15) is 23.8 Å². The van der Waals surface area contributed by atoms with Crippen LogP contribution in [0.1, 0.15) is 123 Å². The van der Waals surface area contributed by atoms with Gasteiger partial charge in [-0.1, -0.05) is 97.3 Å². The summed E-state index contributed by atoms with van der Waals surface area (Å²) in [7, 11) is -4.68. The summed E-state index contributed by atoms with van der Waals surface area (Å²) >= 11 is 0. The lowest BCUT2D eigenvalue weighted by atomic mass is 10.1. The van der Waals surface area contributed by atoms with Crippen molar-refractivity contribution in [2.24, 2.45) is 5.73 Å². The van der Waals surface area contributed by atoms with Crippen molar-refractivity contribution in [2.75, 3.05) is 19.8 Å². The van der Waals surface area contributed by atoms with Gasteiger partial charge in [0.05, 0.1) is 13.2 Å². The van der Waals surface area contributed by atoms with E-state index in [-0.39, 0.29) is 19.4 Å². The molecule has 4 N–H and O–H groups in total. The molecule has 1 unspecified atom stereocenters. The fraction of sp³-hybridized carbons (Fsp3) is 0.889. The van der Waals surface area contributed by atoms with Gasteiger partial charge in [-0.2, -0.15) is 0 Å². The van der Waals surface area contributed by atoms with Crippen molar-refractivity contribution in [1.82, 2.24) is 0 Å². The second-order valence-electron chi connectivity index (χ2n) is 9.90. The van der Waals surface area contributed by atoms with Gasteiger partial charge in [0.2, 0.25) is 0 Å². The Balaban J connectivity index is 4.58. The molecule has 0 aliphatic heterocycles. The monoisotopic (exact) mass is 581 g/mol. The minimum absolute atomic E-state index is 0.164. The van der Waals surface area contributed by atoms with Gasteiger partial charge < -0.3 is 25.2 Å². The summed E-state index contributed by atoms with van der Waals surface area (Å²) in [4.78, 5) is 45.1. The van der Waals surface area contributed by atoms with Gasteiger partial charge in [0.1, 0.15) is 12.6 Å². The van der Waals surface area contributed by atoms with Crippen LogP contribution in [0.4, 0.5) is 0 Å². The van der Waals surface area contributed by atoms with Gasteiger partial charge in [0.15, 0.2) is 6.10 Å². The van der Waals surface area contributed by atoms with Crippen LogP contribution in [0.3, 0.4) is 0 Å². The van der Waals surface area contributed by atoms with Crippen LogP contribution in [0.5, 0.6) is 0 Å². The molecule has 0 spiro atoms. The molecule has 0 rings (SSSR count). The molecule has 0 radical (unpaired) electrons. The molecule has 39 heavy (non-hydrogen) atoms. The number of rotatable bonds is 27. The Kier molecular flexibility index (Phi) is 23.3. The van der Waals surface area contributed by atoms with Crippen LogP contribution < -0.4 is 5.73 Å². The van der Waals surface area contributed by atoms with Crippen LogP contribution in [0, 0.1) is 0 Å². The van der Waals surface area contributed by atoms with Crippen LogP contribution in [0.2, 0.25) is 0 Å². The lowest BCUT2D eigenvalue weighted by molar-refractivity contribution is -0.161. The van der Waals surface area contributed by atoms with E-state index in [0.717, 1.165) is 44.9 Å². The molecule has 0 heterocycles. The first-order valence-corrected chi connectivity index (χ1v) is 16.1. The first-order valence-electron chi connectivity index (χ1n) is 14.6. The van der Waals surface area contributed by atoms with Gasteiger partial charge >= 0.3 is 25.7 Å². The van der Waals surface area contributed by atoms with Gasteiger partial charge in [-0.05, 0) is 12.8 Å². The summed E-state index contributed by atoms with van der Waals surface area (Å²) in [5, 5.41) is 8.77. The van der Waals surface area contributed by atoms with Crippen molar-refractivity contribution >= 4 is 25.7 Å². The number of hydrogen-bond donors (Lipinski definition) is 3. The van der Waals surface area contributed by atoms with E-state index in [0.29, 0.717) is 12.8 Å². The molecular formula is C27H52NO10P. The van der Waals surface area contributed by atoms with Crippen LogP contribution in [-0.4, -0.2) is 59.9 Å². The third kappa shape index (κ3) is 24.0. The summed E-state index contributed by atoms with van der Waals surface area (Å²) in [6.45, 7) is 2.65. The Morgan fingerprint density at radius 1 is 0.692 bits per heavy atom. The van der Waals surface area contributed by atoms with Gasteiger partial charge in [0, 0.05) is 12.8 Å². The average Bonchev–Trinajstić information content (AvgIpc) is 2.89. The van der Waals surface area contributed by atoms with Crippen molar-refractivity contribution in [3.63, 3.8) is 0 Å². The Morgan fingerprint density at radius 2 is 1.13 bits per heavy atom. The van der Waals surface area contributed by atoms with E-state index >= 15 is 0 Å². The number of ether oxygens (including phenoxy) is 2. The second-order valence-corrected chi connectivity index (χ2v) is 11.3. The third-order valence-corrected chi connectivity index (χ3v) is 7.06. The molecule has 0 saturated carbocycles. The van der Waals surface area contributed by atoms with E-state index in [1.165, 1.54) is 38.5 Å². The minimum atomic E-state index is -4.68. The number of carboxylic acids is 1. The van der Waals surface area contributed by atoms with Crippen LogP contribution >= 0.6 is 7.82 Å². The van der Waals surface area contributed by atoms with Crippen molar-refractivity contribution in [1.29, 1.82) is 0 Å². The second kappa shape index (κ2) is 24.3. The number of carbonyl (C=O) groups is 3. The number of phosphoric ester groups is 1. The molecule has 0 aliphatic rings. The van der Waals surface area contributed by atoms with E-state index in [4.69, 9.17) is 24.8 Å². The molecule has 0 aromatic heterocycles. The van der Waals surface area contributed by atoms with Crippen LogP contribution in [0.15, 0.2) is 0 Å². The topological polar surface area (TPSA) is 172 Å². The zero-order chi connectivity index (χ0) is 29.4. The van der Waals surface area contributed by atoms with E-state index in [1.807, 2.05) is 0 Å². The molecule has 0 bridgehead atoms. The normalized spacial score (nSPS) is 14.4. The molecule has 0 amide bonds. The lowest BCUT2D eigenvalue weighted by Crippen LogP contribution is -2.34. The molecular weight excluding hydrogens is 529 g/mol. The first kappa shape index (κ1) is 37.5. The number of nitrogens with two attached hydrogens (primary N) is 1. The fourth-order valence-corrected chi connectivity index (χ4v) is 4.49. The smallest absolute Gasteiger partial charge is 0.472 e. The predicted molar refractivity (Wildman–Crippen MR) is 148 cm³/mol. The van der Waals surface area contributed by atoms with Crippen molar-refractivity contribution in [2.45, 2.75) is 135 Å². The maximum absolute atomic E-state index is 12.3. The summed E-state index contributed by atoms with van der Waals surface area (Å²) in [6.07, 6.45) is 15.2. The Bertz CT molecular complexity index is 706. The number of aliphatic carboxylic acids is 1. The average molecular weight is 582 g/mol. The standard InChI is InChI=1S/C27H52NO10P/c1-3-5-7-9-11-13-14-16-18-25(29)35-20-23(21-36-39(33,34)37-22-24(28)27(31)32)38-26(30)19-17-15-12-10-8-6-4-2/h23-24H,3-22,28H2,1-2H3,(H,31,32)(H,33,34)/t23-,24+/m1/s1. The molecule has 12 heteroatoms. The van der Waals surface area contributed by atoms with Gasteiger partial charge in [-0.25, -0.2) is 4.57 Å². The molecule has 0 aliphatic carbocycles. The number of hydrogen-bond acceptors (Lipinski definition) is 9. The number of phosphoric acid groups is 1. The molecule has 230 valence electrons. The first-order chi connectivity index (χ1) is 18.6. The van der Waals surface area contributed by atoms with Crippen LogP contribution in [-0.2, 0) is 37.5 Å². The minimum Gasteiger partial charge on any atom is -0.480 e. The van der Waals surface area contributed by atoms with Gasteiger partial charge in [-0.15, -0.1) is 0 Å². The highest BCUT2D eigenvalue weighted by Crippen LogP contribution is 2.43. The van der Waals surface area contributed by atoms with E-state index in [2.05, 4.69) is 18.4 Å². The number of carbonyl (C=O) groups excluding carboxylic acids is 2. The highest BCUT2D eigenvalue weighted by atomic mass is 31.2. The zero-order valence-corrected chi connectivity index (χ0v) is 24.9. The summed E-state index contributed by atoms with van der Waals surface area (Å²) in [5.74, 6) is -2.39. The summed E-state index contributed by atoms with van der Waals surface area (Å²) in [5.41, 5.74) is 5.27. The van der Waals surface area contributed by atoms with Crippen molar-refractivity contribution in [3.05, 3.63) is 0 Å². The van der Waals surface area contributed by atoms with Gasteiger partial charge in [0.25, 0.3) is 0 Å². The largest absolute Gasteiger partial charge is 0.480 e.